The van der Waals surface area contributed by atoms with Crippen LogP contribution in [0.25, 0.3) is 44.6 Å². The number of likely N-dealkylation sites (tertiary alicyclic amines) is 1. The van der Waals surface area contributed by atoms with Crippen LogP contribution in [0, 0.1) is 0 Å². The van der Waals surface area contributed by atoms with Crippen molar-refractivity contribution < 1.29 is 0 Å². The van der Waals surface area contributed by atoms with Gasteiger partial charge in [0.15, 0.2) is 5.82 Å². The van der Waals surface area contributed by atoms with E-state index >= 15 is 0 Å². The smallest absolute Gasteiger partial charge is 0.159 e. The Morgan fingerprint density at radius 1 is 1.14 bits per heavy atom. The van der Waals surface area contributed by atoms with Crippen molar-refractivity contribution in [3.05, 3.63) is 90.3 Å². The van der Waals surface area contributed by atoms with Crippen LogP contribution in [-0.2, 0) is 0 Å². The number of rotatable bonds is 7. The van der Waals surface area contributed by atoms with Gasteiger partial charge >= 0.3 is 0 Å². The van der Waals surface area contributed by atoms with Crippen LogP contribution in [0.4, 0.5) is 0 Å². The van der Waals surface area contributed by atoms with Gasteiger partial charge in [-0.3, -0.25) is 15.0 Å². The van der Waals surface area contributed by atoms with Crippen molar-refractivity contribution in [2.75, 3.05) is 19.6 Å². The quantitative estimate of drug-likeness (QED) is 0.279. The highest BCUT2D eigenvalue weighted by atomic mass is 15.1. The predicted molar refractivity (Wildman–Crippen MR) is 153 cm³/mol. The number of nitrogens with zero attached hydrogens (tertiary/aromatic N) is 4. The van der Waals surface area contributed by atoms with Gasteiger partial charge in [-0.15, -0.1) is 0 Å². The van der Waals surface area contributed by atoms with Gasteiger partial charge in [0, 0.05) is 23.7 Å². The summed E-state index contributed by atoms with van der Waals surface area (Å²) in [6.45, 7) is 9.47. The van der Waals surface area contributed by atoms with Crippen LogP contribution in [0.3, 0.4) is 0 Å². The van der Waals surface area contributed by atoms with Crippen molar-refractivity contribution in [3.8, 4) is 11.5 Å². The predicted octanol–water partition coefficient (Wildman–Crippen LogP) is 6.85. The zero-order chi connectivity index (χ0) is 25.2. The number of nitrogens with one attached hydrogen (secondary N) is 2. The second-order valence-electron chi connectivity index (χ2n) is 9.80. The number of hydrogen-bond donors (Lipinski definition) is 2. The first-order valence-electron chi connectivity index (χ1n) is 13.1. The van der Waals surface area contributed by atoms with Crippen molar-refractivity contribution in [3.63, 3.8) is 0 Å². The van der Waals surface area contributed by atoms with Crippen LogP contribution >= 0.6 is 0 Å². The van der Waals surface area contributed by atoms with Gasteiger partial charge in [-0.05, 0) is 73.7 Å². The summed E-state index contributed by atoms with van der Waals surface area (Å²) in [5, 5.41) is 8.87. The average molecular weight is 489 g/mol. The molecular weight excluding hydrogens is 456 g/mol. The summed E-state index contributed by atoms with van der Waals surface area (Å²) in [5.41, 5.74) is 9.40. The van der Waals surface area contributed by atoms with E-state index in [2.05, 4.69) is 87.1 Å². The number of fused-ring (bicyclic) bond motifs is 2. The molecule has 0 saturated carbocycles. The molecule has 4 heterocycles. The minimum absolute atomic E-state index is 0.740. The van der Waals surface area contributed by atoms with E-state index in [0.29, 0.717) is 0 Å². The largest absolute Gasteiger partial charge is 0.335 e. The molecule has 0 bridgehead atoms. The van der Waals surface area contributed by atoms with Crippen molar-refractivity contribution in [1.29, 1.82) is 0 Å². The normalized spacial score (nSPS) is 17.2. The number of aromatic amines is 2. The molecule has 186 valence electrons. The Kier molecular flexibility index (Phi) is 6.41. The van der Waals surface area contributed by atoms with Gasteiger partial charge in [0.25, 0.3) is 0 Å². The molecule has 6 nitrogen and oxygen atoms in total. The molecule has 1 aromatic carbocycles. The molecule has 37 heavy (non-hydrogen) atoms. The molecule has 0 amide bonds. The van der Waals surface area contributed by atoms with E-state index in [4.69, 9.17) is 4.98 Å². The summed E-state index contributed by atoms with van der Waals surface area (Å²) in [6.07, 6.45) is 21.5. The fourth-order valence-electron chi connectivity index (χ4n) is 5.37. The highest BCUT2D eigenvalue weighted by molar-refractivity contribution is 5.98. The highest BCUT2D eigenvalue weighted by Crippen LogP contribution is 2.32. The van der Waals surface area contributed by atoms with E-state index in [-0.39, 0.29) is 0 Å². The molecule has 1 aliphatic carbocycles. The lowest BCUT2D eigenvalue weighted by molar-refractivity contribution is 0.248. The zero-order valence-corrected chi connectivity index (χ0v) is 21.3. The Hall–Kier alpha value is -4.03. The first kappa shape index (κ1) is 23.4. The molecule has 1 aliphatic heterocycles. The van der Waals surface area contributed by atoms with Crippen molar-refractivity contribution >= 4 is 33.1 Å². The topological polar surface area (TPSA) is 73.5 Å². The van der Waals surface area contributed by atoms with Crippen molar-refractivity contribution in [2.24, 2.45) is 0 Å². The molecule has 3 aromatic heterocycles. The molecule has 0 unspecified atom stereocenters. The van der Waals surface area contributed by atoms with E-state index in [0.717, 1.165) is 63.1 Å². The molecule has 2 N–H and O–H groups in total. The molecule has 1 saturated heterocycles. The Balaban J connectivity index is 1.36. The van der Waals surface area contributed by atoms with Crippen LogP contribution in [-0.4, -0.2) is 49.7 Å². The monoisotopic (exact) mass is 488 g/mol. The van der Waals surface area contributed by atoms with Gasteiger partial charge in [-0.25, -0.2) is 4.98 Å². The Labute approximate surface area is 217 Å². The minimum Gasteiger partial charge on any atom is -0.335 e. The van der Waals surface area contributed by atoms with Gasteiger partial charge in [-0.2, -0.15) is 5.10 Å². The Morgan fingerprint density at radius 2 is 2.03 bits per heavy atom. The van der Waals surface area contributed by atoms with E-state index < -0.39 is 0 Å². The molecule has 1 fully saturated rings. The zero-order valence-electron chi connectivity index (χ0n) is 21.3. The molecular formula is C31H32N6. The van der Waals surface area contributed by atoms with Crippen molar-refractivity contribution in [1.82, 2.24) is 30.0 Å². The highest BCUT2D eigenvalue weighted by Gasteiger charge is 2.17. The number of pyridine rings is 1. The molecule has 2 aliphatic rings. The van der Waals surface area contributed by atoms with E-state index in [1.54, 1.807) is 0 Å². The van der Waals surface area contributed by atoms with E-state index in [1.807, 2.05) is 18.5 Å². The van der Waals surface area contributed by atoms with Crippen LogP contribution in [0.1, 0.15) is 43.7 Å². The first-order valence-corrected chi connectivity index (χ1v) is 13.1. The second kappa shape index (κ2) is 10.1. The fraction of sp³-hybridized carbons (Fsp3) is 0.258. The summed E-state index contributed by atoms with van der Waals surface area (Å²) in [7, 11) is 0. The molecule has 4 aromatic rings. The lowest BCUT2D eigenvalue weighted by atomic mass is 10.00. The number of hydrogen-bond acceptors (Lipinski definition) is 4. The maximum Gasteiger partial charge on any atom is 0.159 e. The first-order chi connectivity index (χ1) is 18.2. The average Bonchev–Trinajstić information content (AvgIpc) is 3.70. The Morgan fingerprint density at radius 3 is 2.81 bits per heavy atom. The summed E-state index contributed by atoms with van der Waals surface area (Å²) in [6, 6.07) is 6.45. The van der Waals surface area contributed by atoms with Crippen LogP contribution in [0.15, 0.2) is 79.2 Å². The van der Waals surface area contributed by atoms with Gasteiger partial charge in [0.2, 0.25) is 0 Å². The minimum atomic E-state index is 0.740. The van der Waals surface area contributed by atoms with Gasteiger partial charge in [0.05, 0.1) is 22.7 Å². The SMILES string of the molecule is C=C/C(=C\C(=C/C)c1ccc2[nH]nc(-c3nc4c(C5=CCC=C5)cncc4[nH]3)c2c1)CN1CCCCC1. The molecule has 6 rings (SSSR count). The number of allylic oxidation sites excluding steroid dienone is 7. The lowest BCUT2D eigenvalue weighted by Crippen LogP contribution is -2.31. The Bertz CT molecular complexity index is 1590. The third-order valence-electron chi connectivity index (χ3n) is 7.37. The van der Waals surface area contributed by atoms with Gasteiger partial charge in [-0.1, -0.05) is 55.5 Å². The number of piperidine rings is 1. The number of benzene rings is 1. The molecule has 6 heteroatoms. The molecule has 0 spiro atoms. The van der Waals surface area contributed by atoms with Crippen LogP contribution < -0.4 is 0 Å². The lowest BCUT2D eigenvalue weighted by Gasteiger charge is -2.26. The summed E-state index contributed by atoms with van der Waals surface area (Å²) < 4.78 is 0. The summed E-state index contributed by atoms with van der Waals surface area (Å²) in [4.78, 5) is 15.4. The van der Waals surface area contributed by atoms with Crippen LogP contribution in [0.2, 0.25) is 0 Å². The summed E-state index contributed by atoms with van der Waals surface area (Å²) in [5.74, 6) is 0.740. The number of H-pyrrole nitrogens is 2. The van der Waals surface area contributed by atoms with Gasteiger partial charge < -0.3 is 4.98 Å². The van der Waals surface area contributed by atoms with E-state index in [1.165, 1.54) is 43.5 Å². The fourth-order valence-corrected chi connectivity index (χ4v) is 5.37. The standard InChI is InChI=1S/C31H32N6/c1-3-21(20-37-14-8-5-9-15-37)16-22(4-2)24-12-13-27-25(17-24)30(36-35-27)31-33-28-19-32-18-26(29(28)34-31)23-10-6-7-11-23/h3-4,6,10-13,16-19H,1,5,7-9,14-15,20H2,2H3,(H,33,34)(H,35,36)/b21-16+,22-4+. The van der Waals surface area contributed by atoms with Gasteiger partial charge in [0.1, 0.15) is 5.69 Å². The van der Waals surface area contributed by atoms with Crippen molar-refractivity contribution in [2.45, 2.75) is 32.6 Å². The number of aromatic nitrogens is 5. The second-order valence-corrected chi connectivity index (χ2v) is 9.80. The third-order valence-corrected chi connectivity index (χ3v) is 7.37. The van der Waals surface area contributed by atoms with E-state index in [9.17, 15) is 0 Å². The third kappa shape index (κ3) is 4.60. The molecule has 0 atom stereocenters. The maximum absolute atomic E-state index is 4.97. The summed E-state index contributed by atoms with van der Waals surface area (Å²) >= 11 is 0. The molecule has 0 radical (unpaired) electrons. The maximum atomic E-state index is 4.97. The van der Waals surface area contributed by atoms with Crippen LogP contribution in [0.5, 0.6) is 0 Å². The number of imidazole rings is 1.